The molecule has 0 fully saturated rings. The molecular weight excluding hydrogens is 264 g/mol. The fourth-order valence-corrected chi connectivity index (χ4v) is 2.13. The first-order chi connectivity index (χ1) is 9.96. The summed E-state index contributed by atoms with van der Waals surface area (Å²) in [5.41, 5.74) is 7.54. The van der Waals surface area contributed by atoms with Gasteiger partial charge in [0.25, 0.3) is 5.91 Å². The predicted molar refractivity (Wildman–Crippen MR) is 84.0 cm³/mol. The van der Waals surface area contributed by atoms with Crippen LogP contribution in [0.4, 0.5) is 0 Å². The van der Waals surface area contributed by atoms with Gasteiger partial charge in [0.15, 0.2) is 0 Å². The van der Waals surface area contributed by atoms with Crippen LogP contribution in [0.25, 0.3) is 11.0 Å². The lowest BCUT2D eigenvalue weighted by Gasteiger charge is -2.30. The van der Waals surface area contributed by atoms with Crippen molar-refractivity contribution in [3.05, 3.63) is 36.2 Å². The first-order valence-corrected chi connectivity index (χ1v) is 7.18. The van der Waals surface area contributed by atoms with Crippen molar-refractivity contribution in [2.45, 2.75) is 20.8 Å². The summed E-state index contributed by atoms with van der Waals surface area (Å²) in [6, 6.07) is 7.53. The van der Waals surface area contributed by atoms with Crippen LogP contribution in [0.2, 0.25) is 0 Å². The number of benzene rings is 1. The molecule has 0 bridgehead atoms. The van der Waals surface area contributed by atoms with Crippen molar-refractivity contribution in [2.24, 2.45) is 11.1 Å². The molecule has 1 aromatic heterocycles. The first-order valence-electron chi connectivity index (χ1n) is 7.18. The molecule has 0 unspecified atom stereocenters. The summed E-state index contributed by atoms with van der Waals surface area (Å²) < 4.78 is 0. The van der Waals surface area contributed by atoms with Crippen LogP contribution in [0.3, 0.4) is 0 Å². The lowest BCUT2D eigenvalue weighted by molar-refractivity contribution is 0.0695. The van der Waals surface area contributed by atoms with Gasteiger partial charge in [0.2, 0.25) is 0 Å². The van der Waals surface area contributed by atoms with E-state index in [0.29, 0.717) is 25.3 Å². The Morgan fingerprint density at radius 3 is 2.57 bits per heavy atom. The number of rotatable bonds is 5. The number of amides is 1. The van der Waals surface area contributed by atoms with E-state index in [4.69, 9.17) is 5.73 Å². The van der Waals surface area contributed by atoms with E-state index in [0.717, 1.165) is 11.0 Å². The van der Waals surface area contributed by atoms with E-state index < -0.39 is 0 Å². The second kappa shape index (κ2) is 6.18. The highest BCUT2D eigenvalue weighted by molar-refractivity contribution is 5.93. The molecule has 5 heteroatoms. The molecule has 1 aromatic carbocycles. The summed E-state index contributed by atoms with van der Waals surface area (Å²) in [5, 5.41) is 0. The molecule has 1 amide bonds. The average molecular weight is 286 g/mol. The SMILES string of the molecule is CCN(CC(C)(C)CN)C(=O)c1cnc2ccccc2n1. The van der Waals surface area contributed by atoms with Gasteiger partial charge in [0.1, 0.15) is 5.69 Å². The van der Waals surface area contributed by atoms with Gasteiger partial charge in [-0.1, -0.05) is 26.0 Å². The van der Waals surface area contributed by atoms with Gasteiger partial charge in [-0.05, 0) is 31.0 Å². The second-order valence-electron chi connectivity index (χ2n) is 5.93. The molecule has 2 rings (SSSR count). The van der Waals surface area contributed by atoms with E-state index in [1.807, 2.05) is 31.2 Å². The van der Waals surface area contributed by atoms with Gasteiger partial charge < -0.3 is 10.6 Å². The van der Waals surface area contributed by atoms with Gasteiger partial charge in [-0.2, -0.15) is 0 Å². The Morgan fingerprint density at radius 2 is 1.95 bits per heavy atom. The molecule has 0 saturated heterocycles. The van der Waals surface area contributed by atoms with Crippen molar-refractivity contribution in [3.63, 3.8) is 0 Å². The molecule has 5 nitrogen and oxygen atoms in total. The molecule has 2 aromatic rings. The molecule has 0 aliphatic heterocycles. The highest BCUT2D eigenvalue weighted by Gasteiger charge is 2.24. The van der Waals surface area contributed by atoms with Gasteiger partial charge in [0, 0.05) is 13.1 Å². The van der Waals surface area contributed by atoms with Gasteiger partial charge >= 0.3 is 0 Å². The Balaban J connectivity index is 2.27. The Kier molecular flexibility index (Phi) is 4.53. The van der Waals surface area contributed by atoms with Crippen LogP contribution in [0, 0.1) is 5.41 Å². The van der Waals surface area contributed by atoms with Gasteiger partial charge in [-0.25, -0.2) is 4.98 Å². The van der Waals surface area contributed by atoms with Gasteiger partial charge in [0.05, 0.1) is 17.2 Å². The molecule has 2 N–H and O–H groups in total. The number of carbonyl (C=O) groups is 1. The standard InChI is InChI=1S/C16H22N4O/c1-4-20(11-16(2,3)10-17)15(21)14-9-18-12-7-5-6-8-13(12)19-14/h5-9H,4,10-11,17H2,1-3H3. The predicted octanol–water partition coefficient (Wildman–Crippen LogP) is 2.08. The van der Waals surface area contributed by atoms with Crippen LogP contribution in [0.15, 0.2) is 30.5 Å². The summed E-state index contributed by atoms with van der Waals surface area (Å²) in [4.78, 5) is 23.1. The summed E-state index contributed by atoms with van der Waals surface area (Å²) in [7, 11) is 0. The zero-order valence-electron chi connectivity index (χ0n) is 12.8. The van der Waals surface area contributed by atoms with E-state index in [1.165, 1.54) is 0 Å². The van der Waals surface area contributed by atoms with Crippen molar-refractivity contribution < 1.29 is 4.79 Å². The fourth-order valence-electron chi connectivity index (χ4n) is 2.13. The summed E-state index contributed by atoms with van der Waals surface area (Å²) in [5.74, 6) is -0.0997. The van der Waals surface area contributed by atoms with E-state index in [-0.39, 0.29) is 11.3 Å². The van der Waals surface area contributed by atoms with Crippen LogP contribution < -0.4 is 5.73 Å². The minimum Gasteiger partial charge on any atom is -0.337 e. The topological polar surface area (TPSA) is 72.1 Å². The summed E-state index contributed by atoms with van der Waals surface area (Å²) in [6.45, 7) is 7.81. The Hall–Kier alpha value is -2.01. The molecule has 112 valence electrons. The summed E-state index contributed by atoms with van der Waals surface area (Å²) >= 11 is 0. The van der Waals surface area contributed by atoms with Gasteiger partial charge in [-0.3, -0.25) is 9.78 Å². The number of para-hydroxylation sites is 2. The molecule has 0 aliphatic carbocycles. The van der Waals surface area contributed by atoms with Crippen molar-refractivity contribution in [3.8, 4) is 0 Å². The molecule has 21 heavy (non-hydrogen) atoms. The number of carbonyl (C=O) groups excluding carboxylic acids is 1. The van der Waals surface area contributed by atoms with Crippen LogP contribution in [-0.2, 0) is 0 Å². The maximum Gasteiger partial charge on any atom is 0.274 e. The quantitative estimate of drug-likeness (QED) is 0.913. The van der Waals surface area contributed by atoms with E-state index in [2.05, 4.69) is 23.8 Å². The molecule has 1 heterocycles. The fraction of sp³-hybridized carbons (Fsp3) is 0.438. The smallest absolute Gasteiger partial charge is 0.274 e. The van der Waals surface area contributed by atoms with Crippen LogP contribution >= 0.6 is 0 Å². The highest BCUT2D eigenvalue weighted by atomic mass is 16.2. The van der Waals surface area contributed by atoms with Crippen molar-refractivity contribution in [1.29, 1.82) is 0 Å². The molecular formula is C16H22N4O. The Morgan fingerprint density at radius 1 is 1.29 bits per heavy atom. The largest absolute Gasteiger partial charge is 0.337 e. The van der Waals surface area contributed by atoms with Gasteiger partial charge in [-0.15, -0.1) is 0 Å². The maximum absolute atomic E-state index is 12.6. The maximum atomic E-state index is 12.6. The molecule has 0 saturated carbocycles. The number of hydrogen-bond donors (Lipinski definition) is 1. The van der Waals surface area contributed by atoms with Crippen molar-refractivity contribution in [2.75, 3.05) is 19.6 Å². The van der Waals surface area contributed by atoms with Crippen molar-refractivity contribution in [1.82, 2.24) is 14.9 Å². The molecule has 0 radical (unpaired) electrons. The third-order valence-corrected chi connectivity index (χ3v) is 3.51. The highest BCUT2D eigenvalue weighted by Crippen LogP contribution is 2.17. The number of aromatic nitrogens is 2. The Bertz CT molecular complexity index is 639. The third kappa shape index (κ3) is 3.55. The van der Waals surface area contributed by atoms with E-state index in [9.17, 15) is 4.79 Å². The number of nitrogens with two attached hydrogens (primary N) is 1. The monoisotopic (exact) mass is 286 g/mol. The number of nitrogens with zero attached hydrogens (tertiary/aromatic N) is 3. The van der Waals surface area contributed by atoms with Crippen molar-refractivity contribution >= 4 is 16.9 Å². The van der Waals surface area contributed by atoms with Crippen LogP contribution in [-0.4, -0.2) is 40.4 Å². The zero-order valence-corrected chi connectivity index (χ0v) is 12.8. The molecule has 0 spiro atoms. The van der Waals surface area contributed by atoms with E-state index >= 15 is 0 Å². The first kappa shape index (κ1) is 15.4. The van der Waals surface area contributed by atoms with E-state index in [1.54, 1.807) is 11.1 Å². The lowest BCUT2D eigenvalue weighted by Crippen LogP contribution is -2.42. The number of hydrogen-bond acceptors (Lipinski definition) is 4. The number of fused-ring (bicyclic) bond motifs is 1. The lowest BCUT2D eigenvalue weighted by atomic mass is 9.93. The zero-order chi connectivity index (χ0) is 15.5. The third-order valence-electron chi connectivity index (χ3n) is 3.51. The normalized spacial score (nSPS) is 11.6. The molecule has 0 aliphatic rings. The van der Waals surface area contributed by atoms with Crippen LogP contribution in [0.5, 0.6) is 0 Å². The van der Waals surface area contributed by atoms with Crippen LogP contribution in [0.1, 0.15) is 31.3 Å². The minimum absolute atomic E-state index is 0.0997. The average Bonchev–Trinajstić information content (AvgIpc) is 2.51. The second-order valence-corrected chi connectivity index (χ2v) is 5.93. The summed E-state index contributed by atoms with van der Waals surface area (Å²) in [6.07, 6.45) is 1.54. The minimum atomic E-state index is -0.115. The Labute approximate surface area is 125 Å². The molecule has 0 atom stereocenters.